The standard InChI is InChI=1S/C16H17BrClNO/c1-11(12-5-4-6-13(17)9-12)19-10-16(20)14-7-2-3-8-15(14)18/h2-9,11,16,19-20H,10H2,1H3/t11-,16?/m0/s1. The predicted octanol–water partition coefficient (Wildman–Crippen LogP) is 4.49. The first-order valence-electron chi connectivity index (χ1n) is 6.49. The van der Waals surface area contributed by atoms with Crippen LogP contribution in [0.5, 0.6) is 0 Å². The molecule has 0 aliphatic rings. The largest absolute Gasteiger partial charge is 0.387 e. The average molecular weight is 355 g/mol. The van der Waals surface area contributed by atoms with E-state index in [9.17, 15) is 5.11 Å². The van der Waals surface area contributed by atoms with Gasteiger partial charge in [0.2, 0.25) is 0 Å². The zero-order valence-corrected chi connectivity index (χ0v) is 13.5. The second-order valence-electron chi connectivity index (χ2n) is 4.72. The van der Waals surface area contributed by atoms with Crippen LogP contribution in [0.3, 0.4) is 0 Å². The Kier molecular flexibility index (Phi) is 5.61. The molecule has 1 unspecified atom stereocenters. The summed E-state index contributed by atoms with van der Waals surface area (Å²) in [4.78, 5) is 0. The quantitative estimate of drug-likeness (QED) is 0.829. The highest BCUT2D eigenvalue weighted by Crippen LogP contribution is 2.23. The molecule has 0 aliphatic heterocycles. The molecule has 2 N–H and O–H groups in total. The van der Waals surface area contributed by atoms with Gasteiger partial charge in [0, 0.05) is 27.6 Å². The van der Waals surface area contributed by atoms with Gasteiger partial charge in [0.15, 0.2) is 0 Å². The first-order valence-corrected chi connectivity index (χ1v) is 7.66. The Morgan fingerprint density at radius 3 is 2.65 bits per heavy atom. The molecular formula is C16H17BrClNO. The lowest BCUT2D eigenvalue weighted by molar-refractivity contribution is 0.171. The van der Waals surface area contributed by atoms with Crippen LogP contribution in [-0.2, 0) is 0 Å². The molecule has 2 aromatic rings. The van der Waals surface area contributed by atoms with Crippen LogP contribution in [0, 0.1) is 0 Å². The number of aliphatic hydroxyl groups excluding tert-OH is 1. The van der Waals surface area contributed by atoms with E-state index in [1.54, 1.807) is 6.07 Å². The normalized spacial score (nSPS) is 14.0. The highest BCUT2D eigenvalue weighted by atomic mass is 79.9. The molecule has 2 nitrogen and oxygen atoms in total. The summed E-state index contributed by atoms with van der Waals surface area (Å²) in [7, 11) is 0. The number of nitrogens with one attached hydrogen (secondary N) is 1. The highest BCUT2D eigenvalue weighted by molar-refractivity contribution is 9.10. The Balaban J connectivity index is 1.97. The maximum Gasteiger partial charge on any atom is 0.0928 e. The summed E-state index contributed by atoms with van der Waals surface area (Å²) in [6, 6.07) is 15.7. The van der Waals surface area contributed by atoms with Crippen molar-refractivity contribution in [1.82, 2.24) is 5.32 Å². The van der Waals surface area contributed by atoms with Gasteiger partial charge in [-0.25, -0.2) is 0 Å². The van der Waals surface area contributed by atoms with Crippen molar-refractivity contribution >= 4 is 27.5 Å². The summed E-state index contributed by atoms with van der Waals surface area (Å²) < 4.78 is 1.05. The molecule has 0 fully saturated rings. The molecule has 2 aromatic carbocycles. The zero-order chi connectivity index (χ0) is 14.5. The van der Waals surface area contributed by atoms with Crippen LogP contribution < -0.4 is 5.32 Å². The first kappa shape index (κ1) is 15.5. The van der Waals surface area contributed by atoms with Crippen LogP contribution >= 0.6 is 27.5 Å². The molecule has 0 radical (unpaired) electrons. The van der Waals surface area contributed by atoms with Gasteiger partial charge in [-0.2, -0.15) is 0 Å². The number of halogens is 2. The lowest BCUT2D eigenvalue weighted by atomic mass is 10.1. The van der Waals surface area contributed by atoms with Crippen molar-refractivity contribution in [3.05, 3.63) is 69.2 Å². The fraction of sp³-hybridized carbons (Fsp3) is 0.250. The Morgan fingerprint density at radius 2 is 1.95 bits per heavy atom. The summed E-state index contributed by atoms with van der Waals surface area (Å²) in [5.74, 6) is 0. The third-order valence-electron chi connectivity index (χ3n) is 3.23. The van der Waals surface area contributed by atoms with Crippen molar-refractivity contribution in [3.63, 3.8) is 0 Å². The highest BCUT2D eigenvalue weighted by Gasteiger charge is 2.13. The Morgan fingerprint density at radius 1 is 1.20 bits per heavy atom. The SMILES string of the molecule is C[C@H](NCC(O)c1ccccc1Cl)c1cccc(Br)c1. The van der Waals surface area contributed by atoms with Crippen molar-refractivity contribution in [2.45, 2.75) is 19.1 Å². The van der Waals surface area contributed by atoms with Crippen LogP contribution in [0.15, 0.2) is 53.0 Å². The van der Waals surface area contributed by atoms with Crippen LogP contribution in [0.25, 0.3) is 0 Å². The van der Waals surface area contributed by atoms with Gasteiger partial charge in [-0.05, 0) is 30.7 Å². The number of aliphatic hydroxyl groups is 1. The molecule has 2 rings (SSSR count). The van der Waals surface area contributed by atoms with Gasteiger partial charge in [0.05, 0.1) is 6.10 Å². The Labute approximate surface area is 132 Å². The van der Waals surface area contributed by atoms with E-state index in [1.807, 2.05) is 30.3 Å². The lowest BCUT2D eigenvalue weighted by Crippen LogP contribution is -2.24. The topological polar surface area (TPSA) is 32.3 Å². The summed E-state index contributed by atoms with van der Waals surface area (Å²) >= 11 is 9.54. The van der Waals surface area contributed by atoms with Crippen molar-refractivity contribution in [3.8, 4) is 0 Å². The van der Waals surface area contributed by atoms with E-state index in [0.717, 1.165) is 10.0 Å². The maximum atomic E-state index is 10.2. The minimum atomic E-state index is -0.613. The molecule has 20 heavy (non-hydrogen) atoms. The van der Waals surface area contributed by atoms with E-state index < -0.39 is 6.10 Å². The van der Waals surface area contributed by atoms with Crippen LogP contribution in [0.4, 0.5) is 0 Å². The smallest absolute Gasteiger partial charge is 0.0928 e. The molecular weight excluding hydrogens is 338 g/mol. The van der Waals surface area contributed by atoms with Gasteiger partial charge in [-0.3, -0.25) is 0 Å². The van der Waals surface area contributed by atoms with Crippen molar-refractivity contribution in [2.24, 2.45) is 0 Å². The zero-order valence-electron chi connectivity index (χ0n) is 11.2. The summed E-state index contributed by atoms with van der Waals surface area (Å²) in [5, 5.41) is 14.1. The molecule has 2 atom stereocenters. The summed E-state index contributed by atoms with van der Waals surface area (Å²) in [6.45, 7) is 2.53. The Bertz CT molecular complexity index is 576. The minimum Gasteiger partial charge on any atom is -0.387 e. The average Bonchev–Trinajstić information content (AvgIpc) is 2.45. The predicted molar refractivity (Wildman–Crippen MR) is 87.0 cm³/mol. The van der Waals surface area contributed by atoms with Crippen LogP contribution in [-0.4, -0.2) is 11.7 Å². The molecule has 106 valence electrons. The third kappa shape index (κ3) is 4.06. The van der Waals surface area contributed by atoms with Gasteiger partial charge in [-0.1, -0.05) is 57.9 Å². The molecule has 0 bridgehead atoms. The van der Waals surface area contributed by atoms with Crippen LogP contribution in [0.1, 0.15) is 30.2 Å². The fourth-order valence-electron chi connectivity index (χ4n) is 2.04. The molecule has 0 saturated heterocycles. The van der Waals surface area contributed by atoms with Crippen LogP contribution in [0.2, 0.25) is 5.02 Å². The molecule has 0 spiro atoms. The second kappa shape index (κ2) is 7.23. The molecule has 4 heteroatoms. The van der Waals surface area contributed by atoms with Gasteiger partial charge in [0.1, 0.15) is 0 Å². The Hall–Kier alpha value is -0.870. The summed E-state index contributed by atoms with van der Waals surface area (Å²) in [5.41, 5.74) is 1.92. The number of hydrogen-bond acceptors (Lipinski definition) is 2. The molecule has 0 heterocycles. The number of benzene rings is 2. The summed E-state index contributed by atoms with van der Waals surface area (Å²) in [6.07, 6.45) is -0.613. The minimum absolute atomic E-state index is 0.157. The second-order valence-corrected chi connectivity index (χ2v) is 6.05. The molecule has 0 saturated carbocycles. The third-order valence-corrected chi connectivity index (χ3v) is 4.07. The molecule has 0 aromatic heterocycles. The monoisotopic (exact) mass is 353 g/mol. The van der Waals surface area contributed by atoms with Gasteiger partial charge in [0.25, 0.3) is 0 Å². The van der Waals surface area contributed by atoms with Gasteiger partial charge >= 0.3 is 0 Å². The van der Waals surface area contributed by atoms with E-state index in [4.69, 9.17) is 11.6 Å². The lowest BCUT2D eigenvalue weighted by Gasteiger charge is -2.18. The number of hydrogen-bond donors (Lipinski definition) is 2. The molecule has 0 aliphatic carbocycles. The first-order chi connectivity index (χ1) is 9.58. The van der Waals surface area contributed by atoms with Crippen molar-refractivity contribution < 1.29 is 5.11 Å². The van der Waals surface area contributed by atoms with Crippen molar-refractivity contribution in [1.29, 1.82) is 0 Å². The fourth-order valence-corrected chi connectivity index (χ4v) is 2.72. The van der Waals surface area contributed by atoms with E-state index in [2.05, 4.69) is 40.3 Å². The van der Waals surface area contributed by atoms with Crippen molar-refractivity contribution in [2.75, 3.05) is 6.54 Å². The molecule has 0 amide bonds. The maximum absolute atomic E-state index is 10.2. The van der Waals surface area contributed by atoms with Gasteiger partial charge in [-0.15, -0.1) is 0 Å². The van der Waals surface area contributed by atoms with E-state index >= 15 is 0 Å². The number of rotatable bonds is 5. The van der Waals surface area contributed by atoms with E-state index in [0.29, 0.717) is 11.6 Å². The van der Waals surface area contributed by atoms with E-state index in [-0.39, 0.29) is 6.04 Å². The van der Waals surface area contributed by atoms with E-state index in [1.165, 1.54) is 5.56 Å². The van der Waals surface area contributed by atoms with Gasteiger partial charge < -0.3 is 10.4 Å².